The van der Waals surface area contributed by atoms with Gasteiger partial charge in [-0.25, -0.2) is 4.79 Å². The molecule has 3 aromatic rings. The lowest BCUT2D eigenvalue weighted by atomic mass is 9.72. The van der Waals surface area contributed by atoms with Crippen LogP contribution < -0.4 is 11.1 Å². The molecule has 0 fully saturated rings. The summed E-state index contributed by atoms with van der Waals surface area (Å²) in [5, 5.41) is 3.22. The molecule has 7 heteroatoms. The van der Waals surface area contributed by atoms with Gasteiger partial charge in [-0.2, -0.15) is 0 Å². The first-order chi connectivity index (χ1) is 17.2. The Bertz CT molecular complexity index is 1210. The molecule has 0 aliphatic heterocycles. The summed E-state index contributed by atoms with van der Waals surface area (Å²) < 4.78 is 5.42. The number of thioether (sulfide) groups is 1. The molecular formula is C29H34N2O3S2. The molecule has 190 valence electrons. The van der Waals surface area contributed by atoms with Gasteiger partial charge in [-0.05, 0) is 72.9 Å². The van der Waals surface area contributed by atoms with E-state index in [4.69, 9.17) is 10.5 Å². The van der Waals surface area contributed by atoms with Gasteiger partial charge in [-0.1, -0.05) is 51.1 Å². The Hall–Kier alpha value is -2.77. The Labute approximate surface area is 221 Å². The van der Waals surface area contributed by atoms with E-state index in [1.54, 1.807) is 6.92 Å². The molecule has 5 nitrogen and oxygen atoms in total. The van der Waals surface area contributed by atoms with Crippen LogP contribution in [0, 0.1) is 11.3 Å². The molecule has 1 heterocycles. The van der Waals surface area contributed by atoms with Crippen molar-refractivity contribution in [2.24, 2.45) is 11.3 Å². The first-order valence-corrected chi connectivity index (χ1v) is 14.1. The maximum Gasteiger partial charge on any atom is 0.341 e. The average Bonchev–Trinajstić information content (AvgIpc) is 3.20. The molecule has 2 atom stereocenters. The number of anilines is 2. The zero-order chi connectivity index (χ0) is 25.9. The second-order valence-electron chi connectivity index (χ2n) is 10.2. The number of benzene rings is 2. The summed E-state index contributed by atoms with van der Waals surface area (Å²) in [6.45, 7) is 8.90. The van der Waals surface area contributed by atoms with E-state index >= 15 is 0 Å². The summed E-state index contributed by atoms with van der Waals surface area (Å²) in [5.41, 5.74) is 9.18. The largest absolute Gasteiger partial charge is 0.462 e. The van der Waals surface area contributed by atoms with Gasteiger partial charge < -0.3 is 15.8 Å². The average molecular weight is 523 g/mol. The molecule has 0 bridgehead atoms. The molecule has 2 unspecified atom stereocenters. The Morgan fingerprint density at radius 2 is 1.83 bits per heavy atom. The standard InChI is InChI=1S/C29H34N2O3S2/c1-5-34-28(33)24-22-16-11-19(29(2,3)4)17-23(22)36-27(24)31-26(32)25(18-9-7-6-8-10-18)35-21-14-12-20(30)13-15-21/h6-10,12-15,19,25H,5,11,16-17,30H2,1-4H3,(H,31,32). The van der Waals surface area contributed by atoms with Gasteiger partial charge in [0.2, 0.25) is 5.91 Å². The Morgan fingerprint density at radius 3 is 2.47 bits per heavy atom. The highest BCUT2D eigenvalue weighted by molar-refractivity contribution is 8.00. The quantitative estimate of drug-likeness (QED) is 0.196. The van der Waals surface area contributed by atoms with Crippen LogP contribution >= 0.6 is 23.1 Å². The number of esters is 1. The number of fused-ring (bicyclic) bond motifs is 1. The molecule has 0 spiro atoms. The highest BCUT2D eigenvalue weighted by Gasteiger charge is 2.35. The number of carbonyl (C=O) groups excluding carboxylic acids is 2. The Balaban J connectivity index is 1.67. The third-order valence-electron chi connectivity index (χ3n) is 6.68. The minimum atomic E-state index is -0.494. The van der Waals surface area contributed by atoms with Crippen molar-refractivity contribution in [2.75, 3.05) is 17.7 Å². The predicted octanol–water partition coefficient (Wildman–Crippen LogP) is 7.13. The summed E-state index contributed by atoms with van der Waals surface area (Å²) in [5.74, 6) is 0.00175. The van der Waals surface area contributed by atoms with Gasteiger partial charge in [-0.15, -0.1) is 23.1 Å². The van der Waals surface area contributed by atoms with Crippen LogP contribution in [-0.4, -0.2) is 18.5 Å². The van der Waals surface area contributed by atoms with Crippen molar-refractivity contribution in [3.05, 3.63) is 76.2 Å². The molecule has 0 saturated heterocycles. The molecule has 1 aliphatic carbocycles. The zero-order valence-corrected chi connectivity index (χ0v) is 22.9. The fourth-order valence-electron chi connectivity index (χ4n) is 4.59. The van der Waals surface area contributed by atoms with Gasteiger partial charge in [0.15, 0.2) is 0 Å². The van der Waals surface area contributed by atoms with E-state index in [9.17, 15) is 9.59 Å². The number of carbonyl (C=O) groups is 2. The SMILES string of the molecule is CCOC(=O)c1c(NC(=O)C(Sc2ccc(N)cc2)c2ccccc2)sc2c1CCC(C(C)(C)C)C2. The van der Waals surface area contributed by atoms with Gasteiger partial charge in [0, 0.05) is 15.5 Å². The number of hydrogen-bond donors (Lipinski definition) is 2. The summed E-state index contributed by atoms with van der Waals surface area (Å²) in [7, 11) is 0. The summed E-state index contributed by atoms with van der Waals surface area (Å²) in [4.78, 5) is 28.9. The summed E-state index contributed by atoms with van der Waals surface area (Å²) in [6, 6.07) is 17.2. The van der Waals surface area contributed by atoms with Crippen LogP contribution in [0.5, 0.6) is 0 Å². The topological polar surface area (TPSA) is 81.4 Å². The van der Waals surface area contributed by atoms with Crippen molar-refractivity contribution in [3.63, 3.8) is 0 Å². The van der Waals surface area contributed by atoms with E-state index in [2.05, 4.69) is 26.1 Å². The van der Waals surface area contributed by atoms with Crippen LogP contribution in [0.2, 0.25) is 0 Å². The molecule has 1 aliphatic rings. The lowest BCUT2D eigenvalue weighted by Crippen LogP contribution is -2.26. The second-order valence-corrected chi connectivity index (χ2v) is 12.5. The number of rotatable bonds is 7. The van der Waals surface area contributed by atoms with Gasteiger partial charge in [0.25, 0.3) is 0 Å². The molecule has 2 aromatic carbocycles. The van der Waals surface area contributed by atoms with Gasteiger partial charge in [0.1, 0.15) is 10.3 Å². The van der Waals surface area contributed by atoms with E-state index < -0.39 is 5.25 Å². The van der Waals surface area contributed by atoms with E-state index in [-0.39, 0.29) is 17.3 Å². The van der Waals surface area contributed by atoms with Crippen LogP contribution in [0.25, 0.3) is 0 Å². The molecule has 4 rings (SSSR count). The molecule has 3 N–H and O–H groups in total. The van der Waals surface area contributed by atoms with Crippen molar-refractivity contribution in [2.45, 2.75) is 57.1 Å². The normalized spacial score (nSPS) is 16.2. The van der Waals surface area contributed by atoms with Crippen LogP contribution in [0.15, 0.2) is 59.5 Å². The van der Waals surface area contributed by atoms with Crippen LogP contribution in [-0.2, 0) is 22.4 Å². The van der Waals surface area contributed by atoms with Crippen LogP contribution in [0.1, 0.15) is 65.7 Å². The number of nitrogens with one attached hydrogen (secondary N) is 1. The second kappa shape index (κ2) is 11.1. The van der Waals surface area contributed by atoms with E-state index in [1.807, 2.05) is 54.6 Å². The first kappa shape index (κ1) is 26.3. The molecular weight excluding hydrogens is 488 g/mol. The van der Waals surface area contributed by atoms with E-state index in [1.165, 1.54) is 28.0 Å². The van der Waals surface area contributed by atoms with Crippen LogP contribution in [0.4, 0.5) is 10.7 Å². The molecule has 0 radical (unpaired) electrons. The monoisotopic (exact) mass is 522 g/mol. The highest BCUT2D eigenvalue weighted by Crippen LogP contribution is 2.45. The molecule has 36 heavy (non-hydrogen) atoms. The third kappa shape index (κ3) is 5.95. The number of nitrogens with two attached hydrogens (primary N) is 1. The smallest absolute Gasteiger partial charge is 0.341 e. The minimum absolute atomic E-state index is 0.167. The van der Waals surface area contributed by atoms with Gasteiger partial charge >= 0.3 is 5.97 Å². The lowest BCUT2D eigenvalue weighted by molar-refractivity contribution is -0.115. The summed E-state index contributed by atoms with van der Waals surface area (Å²) >= 11 is 2.99. The van der Waals surface area contributed by atoms with Crippen molar-refractivity contribution in [3.8, 4) is 0 Å². The number of amides is 1. The van der Waals surface area contributed by atoms with Gasteiger partial charge in [-0.3, -0.25) is 4.79 Å². The molecule has 1 aromatic heterocycles. The zero-order valence-electron chi connectivity index (χ0n) is 21.3. The highest BCUT2D eigenvalue weighted by atomic mass is 32.2. The predicted molar refractivity (Wildman–Crippen MR) is 150 cm³/mol. The Kier molecular flexibility index (Phi) is 8.10. The van der Waals surface area contributed by atoms with Crippen LogP contribution in [0.3, 0.4) is 0 Å². The Morgan fingerprint density at radius 1 is 1.14 bits per heavy atom. The number of nitrogen functional groups attached to an aromatic ring is 1. The molecule has 1 amide bonds. The fourth-order valence-corrected chi connectivity index (χ4v) is 6.94. The minimum Gasteiger partial charge on any atom is -0.462 e. The molecule has 0 saturated carbocycles. The van der Waals surface area contributed by atoms with Crippen molar-refractivity contribution < 1.29 is 14.3 Å². The van der Waals surface area contributed by atoms with Crippen molar-refractivity contribution >= 4 is 45.7 Å². The van der Waals surface area contributed by atoms with Gasteiger partial charge in [0.05, 0.1) is 12.2 Å². The van der Waals surface area contributed by atoms with Crippen molar-refractivity contribution in [1.82, 2.24) is 0 Å². The maximum atomic E-state index is 13.8. The first-order valence-electron chi connectivity index (χ1n) is 12.4. The van der Waals surface area contributed by atoms with E-state index in [0.717, 1.165) is 35.3 Å². The maximum absolute atomic E-state index is 13.8. The lowest BCUT2D eigenvalue weighted by Gasteiger charge is -2.33. The fraction of sp³-hybridized carbons (Fsp3) is 0.379. The third-order valence-corrected chi connectivity index (χ3v) is 9.12. The number of ether oxygens (including phenoxy) is 1. The number of hydrogen-bond acceptors (Lipinski definition) is 6. The number of thiophene rings is 1. The summed E-state index contributed by atoms with van der Waals surface area (Å²) in [6.07, 6.45) is 2.75. The van der Waals surface area contributed by atoms with E-state index in [0.29, 0.717) is 28.8 Å². The van der Waals surface area contributed by atoms with Crippen molar-refractivity contribution in [1.29, 1.82) is 0 Å².